The number of nitrogens with zero attached hydrogens (tertiary/aromatic N) is 2. The zero-order chi connectivity index (χ0) is 21.1. The summed E-state index contributed by atoms with van der Waals surface area (Å²) in [6.07, 6.45) is 2.02. The average Bonchev–Trinajstić information content (AvgIpc) is 3.17. The molecular weight excluding hydrogens is 378 g/mol. The lowest BCUT2D eigenvalue weighted by molar-refractivity contribution is -0.141. The summed E-state index contributed by atoms with van der Waals surface area (Å²) < 4.78 is 7.09. The van der Waals surface area contributed by atoms with Crippen LogP contribution in [-0.4, -0.2) is 34.6 Å². The van der Waals surface area contributed by atoms with Crippen LogP contribution in [0.5, 0.6) is 0 Å². The molecule has 2 aromatic carbocycles. The molecule has 0 saturated carbocycles. The Morgan fingerprint density at radius 2 is 1.83 bits per heavy atom. The lowest BCUT2D eigenvalue weighted by Crippen LogP contribution is -2.44. The van der Waals surface area contributed by atoms with Crippen LogP contribution in [0.25, 0.3) is 5.69 Å². The third-order valence-corrected chi connectivity index (χ3v) is 5.31. The molecule has 3 aromatic rings. The maximum absolute atomic E-state index is 13.2. The topological polar surface area (TPSA) is 63.6 Å². The third kappa shape index (κ3) is 3.81. The van der Waals surface area contributed by atoms with E-state index in [9.17, 15) is 9.59 Å². The van der Waals surface area contributed by atoms with E-state index < -0.39 is 5.97 Å². The Labute approximate surface area is 176 Å². The van der Waals surface area contributed by atoms with E-state index in [0.717, 1.165) is 28.1 Å². The number of hydrogen-bond donors (Lipinski definition) is 1. The Kier molecular flexibility index (Phi) is 5.57. The summed E-state index contributed by atoms with van der Waals surface area (Å²) in [6.45, 7) is 4.33. The van der Waals surface area contributed by atoms with Crippen molar-refractivity contribution in [1.29, 1.82) is 0 Å². The van der Waals surface area contributed by atoms with E-state index in [1.165, 1.54) is 0 Å². The Morgan fingerprint density at radius 3 is 2.60 bits per heavy atom. The van der Waals surface area contributed by atoms with Crippen LogP contribution in [-0.2, 0) is 16.1 Å². The number of hydrogen-bond acceptors (Lipinski definition) is 3. The zero-order valence-electron chi connectivity index (χ0n) is 17.2. The first-order valence-corrected chi connectivity index (χ1v) is 10.1. The van der Waals surface area contributed by atoms with E-state index in [-0.39, 0.29) is 25.2 Å². The van der Waals surface area contributed by atoms with Gasteiger partial charge in [-0.15, -0.1) is 0 Å². The summed E-state index contributed by atoms with van der Waals surface area (Å²) in [5.74, 6) is -0.448. The predicted octanol–water partition coefficient (Wildman–Crippen LogP) is 3.96. The second-order valence-corrected chi connectivity index (χ2v) is 7.34. The van der Waals surface area contributed by atoms with E-state index >= 15 is 0 Å². The van der Waals surface area contributed by atoms with Gasteiger partial charge >= 0.3 is 12.0 Å². The van der Waals surface area contributed by atoms with Crippen LogP contribution in [0.4, 0.5) is 4.79 Å². The first-order chi connectivity index (χ1) is 14.6. The fraction of sp³-hybridized carbons (Fsp3) is 0.250. The first-order valence-electron chi connectivity index (χ1n) is 10.1. The van der Waals surface area contributed by atoms with Crippen molar-refractivity contribution >= 4 is 12.0 Å². The summed E-state index contributed by atoms with van der Waals surface area (Å²) >= 11 is 0. The summed E-state index contributed by atoms with van der Waals surface area (Å²) in [5.41, 5.74) is 5.25. The maximum Gasteiger partial charge on any atom is 0.325 e. The number of rotatable bonds is 4. The second kappa shape index (κ2) is 8.45. The van der Waals surface area contributed by atoms with Gasteiger partial charge in [0.1, 0.15) is 6.54 Å². The SMILES string of the molecule is CCOC(=O)CNC(=O)N1Cc2ccccc2-n2cccc2C1c1ccc(C)cc1. The number of para-hydroxylation sites is 1. The molecule has 1 unspecified atom stereocenters. The zero-order valence-corrected chi connectivity index (χ0v) is 17.2. The normalized spacial score (nSPS) is 15.0. The summed E-state index contributed by atoms with van der Waals surface area (Å²) in [5, 5.41) is 2.73. The van der Waals surface area contributed by atoms with Crippen LogP contribution >= 0.6 is 0 Å². The van der Waals surface area contributed by atoms with Crippen molar-refractivity contribution in [2.24, 2.45) is 0 Å². The Hall–Kier alpha value is -3.54. The highest BCUT2D eigenvalue weighted by Crippen LogP contribution is 2.36. The summed E-state index contributed by atoms with van der Waals surface area (Å²) in [4.78, 5) is 26.8. The molecule has 6 heteroatoms. The molecule has 1 atom stereocenters. The lowest BCUT2D eigenvalue weighted by atomic mass is 10.0. The highest BCUT2D eigenvalue weighted by atomic mass is 16.5. The van der Waals surface area contributed by atoms with Crippen LogP contribution in [0.2, 0.25) is 0 Å². The molecule has 30 heavy (non-hydrogen) atoms. The predicted molar refractivity (Wildman–Crippen MR) is 114 cm³/mol. The van der Waals surface area contributed by atoms with Gasteiger partial charge in [0.2, 0.25) is 0 Å². The number of aryl methyl sites for hydroxylation is 1. The third-order valence-electron chi connectivity index (χ3n) is 5.31. The molecule has 0 fully saturated rings. The molecule has 0 saturated heterocycles. The van der Waals surface area contributed by atoms with Crippen molar-refractivity contribution < 1.29 is 14.3 Å². The molecule has 0 bridgehead atoms. The van der Waals surface area contributed by atoms with Crippen LogP contribution in [0, 0.1) is 6.92 Å². The van der Waals surface area contributed by atoms with Crippen LogP contribution in [0.3, 0.4) is 0 Å². The van der Waals surface area contributed by atoms with Crippen LogP contribution in [0.1, 0.15) is 35.3 Å². The van der Waals surface area contributed by atoms with Crippen molar-refractivity contribution in [3.05, 3.63) is 89.2 Å². The fourth-order valence-electron chi connectivity index (χ4n) is 3.90. The molecule has 0 radical (unpaired) electrons. The van der Waals surface area contributed by atoms with Gasteiger partial charge in [0.05, 0.1) is 24.9 Å². The minimum absolute atomic E-state index is 0.160. The number of benzene rings is 2. The van der Waals surface area contributed by atoms with Gasteiger partial charge in [0.25, 0.3) is 0 Å². The number of aromatic nitrogens is 1. The molecule has 0 spiro atoms. The Balaban J connectivity index is 1.76. The molecule has 4 rings (SSSR count). The monoisotopic (exact) mass is 403 g/mol. The van der Waals surface area contributed by atoms with Gasteiger partial charge in [-0.05, 0) is 43.2 Å². The van der Waals surface area contributed by atoms with Gasteiger partial charge < -0.3 is 19.5 Å². The van der Waals surface area contributed by atoms with Gasteiger partial charge in [0, 0.05) is 11.9 Å². The number of esters is 1. The van der Waals surface area contributed by atoms with Crippen LogP contribution < -0.4 is 5.32 Å². The molecule has 6 nitrogen and oxygen atoms in total. The minimum Gasteiger partial charge on any atom is -0.465 e. The molecule has 0 aliphatic carbocycles. The van der Waals surface area contributed by atoms with Gasteiger partial charge in [0.15, 0.2) is 0 Å². The molecule has 2 heterocycles. The molecule has 1 aliphatic rings. The van der Waals surface area contributed by atoms with Crippen molar-refractivity contribution in [1.82, 2.24) is 14.8 Å². The Bertz CT molecular complexity index is 1060. The van der Waals surface area contributed by atoms with Crippen molar-refractivity contribution in [3.8, 4) is 5.69 Å². The summed E-state index contributed by atoms with van der Waals surface area (Å²) in [7, 11) is 0. The smallest absolute Gasteiger partial charge is 0.325 e. The molecule has 1 aliphatic heterocycles. The Morgan fingerprint density at radius 1 is 1.07 bits per heavy atom. The van der Waals surface area contributed by atoms with Gasteiger partial charge in [-0.1, -0.05) is 48.0 Å². The number of fused-ring (bicyclic) bond motifs is 3. The van der Waals surface area contributed by atoms with E-state index in [1.54, 1.807) is 11.8 Å². The van der Waals surface area contributed by atoms with E-state index in [4.69, 9.17) is 4.74 Å². The maximum atomic E-state index is 13.2. The van der Waals surface area contributed by atoms with Gasteiger partial charge in [-0.2, -0.15) is 0 Å². The lowest BCUT2D eigenvalue weighted by Gasteiger charge is -2.31. The second-order valence-electron chi connectivity index (χ2n) is 7.34. The quantitative estimate of drug-likeness (QED) is 0.671. The molecule has 2 amide bonds. The number of urea groups is 1. The van der Waals surface area contributed by atoms with Crippen LogP contribution in [0.15, 0.2) is 66.9 Å². The van der Waals surface area contributed by atoms with Crippen molar-refractivity contribution in [2.45, 2.75) is 26.4 Å². The van der Waals surface area contributed by atoms with E-state index in [1.807, 2.05) is 43.5 Å². The first kappa shape index (κ1) is 19.8. The molecular formula is C24H25N3O3. The van der Waals surface area contributed by atoms with E-state index in [0.29, 0.717) is 6.54 Å². The molecule has 1 aromatic heterocycles. The van der Waals surface area contributed by atoms with Crippen molar-refractivity contribution in [2.75, 3.05) is 13.2 Å². The number of carbonyl (C=O) groups excluding carboxylic acids is 2. The number of carbonyl (C=O) groups is 2. The van der Waals surface area contributed by atoms with Crippen molar-refractivity contribution in [3.63, 3.8) is 0 Å². The fourth-order valence-corrected chi connectivity index (χ4v) is 3.90. The van der Waals surface area contributed by atoms with Gasteiger partial charge in [-0.25, -0.2) is 4.79 Å². The number of amides is 2. The average molecular weight is 403 g/mol. The van der Waals surface area contributed by atoms with Gasteiger partial charge in [-0.3, -0.25) is 4.79 Å². The van der Waals surface area contributed by atoms with E-state index in [2.05, 4.69) is 40.2 Å². The number of nitrogens with one attached hydrogen (secondary N) is 1. The highest BCUT2D eigenvalue weighted by Gasteiger charge is 2.33. The standard InChI is InChI=1S/C24H25N3O3/c1-3-30-22(28)15-25-24(29)27-16-19-7-4-5-8-20(19)26-14-6-9-21(26)23(27)18-12-10-17(2)11-13-18/h4-14,23H,3,15-16H2,1-2H3,(H,25,29). The highest BCUT2D eigenvalue weighted by molar-refractivity contribution is 5.81. The largest absolute Gasteiger partial charge is 0.465 e. The summed E-state index contributed by atoms with van der Waals surface area (Å²) in [6, 6.07) is 19.7. The minimum atomic E-state index is -0.448. The number of ether oxygens (including phenoxy) is 1. The molecule has 1 N–H and O–H groups in total. The molecule has 154 valence electrons.